The van der Waals surface area contributed by atoms with Gasteiger partial charge in [-0.05, 0) is 24.3 Å². The van der Waals surface area contributed by atoms with Crippen molar-refractivity contribution in [2.45, 2.75) is 6.42 Å². The Morgan fingerprint density at radius 2 is 2.07 bits per heavy atom. The van der Waals surface area contributed by atoms with Gasteiger partial charge in [-0.25, -0.2) is 8.78 Å². The van der Waals surface area contributed by atoms with Gasteiger partial charge in [0.15, 0.2) is 5.82 Å². The van der Waals surface area contributed by atoms with E-state index in [9.17, 15) is 8.78 Å². The molecule has 1 aromatic rings. The lowest BCUT2D eigenvalue weighted by Gasteiger charge is -2.00. The lowest BCUT2D eigenvalue weighted by atomic mass is 10.2. The van der Waals surface area contributed by atoms with Crippen molar-refractivity contribution in [3.8, 4) is 0 Å². The molecular weight excluding hydrogens is 226 g/mol. The van der Waals surface area contributed by atoms with Crippen molar-refractivity contribution in [1.82, 2.24) is 0 Å². The molecule has 0 unspecified atom stereocenters. The molecule has 0 spiro atoms. The third kappa shape index (κ3) is 2.72. The van der Waals surface area contributed by atoms with Gasteiger partial charge in [-0.2, -0.15) is 12.6 Å². The zero-order valence-electron chi connectivity index (χ0n) is 7.30. The third-order valence-electron chi connectivity index (χ3n) is 1.66. The Morgan fingerprint density at radius 1 is 1.36 bits per heavy atom. The quantitative estimate of drug-likeness (QED) is 0.594. The summed E-state index contributed by atoms with van der Waals surface area (Å²) >= 11 is 9.40. The van der Waals surface area contributed by atoms with Gasteiger partial charge in [0, 0.05) is 5.56 Å². The molecule has 0 atom stereocenters. The van der Waals surface area contributed by atoms with Crippen LogP contribution in [0, 0.1) is 11.6 Å². The first kappa shape index (κ1) is 11.5. The summed E-state index contributed by atoms with van der Waals surface area (Å²) in [7, 11) is 0. The van der Waals surface area contributed by atoms with Crippen LogP contribution in [0.5, 0.6) is 0 Å². The van der Waals surface area contributed by atoms with E-state index in [1.165, 1.54) is 6.07 Å². The molecule has 14 heavy (non-hydrogen) atoms. The molecule has 0 aliphatic rings. The molecule has 0 fully saturated rings. The molecule has 0 N–H and O–H groups in total. The van der Waals surface area contributed by atoms with Crippen molar-refractivity contribution in [2.24, 2.45) is 0 Å². The number of allylic oxidation sites excluding steroid dienone is 1. The Hall–Kier alpha value is -0.540. The minimum atomic E-state index is -0.740. The molecule has 0 saturated carbocycles. The van der Waals surface area contributed by atoms with Crippen molar-refractivity contribution in [3.05, 3.63) is 40.4 Å². The molecule has 0 aromatic heterocycles. The molecule has 0 amide bonds. The summed E-state index contributed by atoms with van der Waals surface area (Å²) in [6.07, 6.45) is 4.06. The summed E-state index contributed by atoms with van der Waals surface area (Å²) in [4.78, 5) is 0. The summed E-state index contributed by atoms with van der Waals surface area (Å²) in [5.41, 5.74) is 0.290. The number of hydrogen-bond acceptors (Lipinski definition) is 1. The van der Waals surface area contributed by atoms with Gasteiger partial charge >= 0.3 is 0 Å². The SMILES string of the molecule is Fc1ccc(C=CCCS)c(F)c1Cl. The van der Waals surface area contributed by atoms with Crippen molar-refractivity contribution < 1.29 is 8.78 Å². The lowest BCUT2D eigenvalue weighted by Crippen LogP contribution is -1.87. The van der Waals surface area contributed by atoms with E-state index in [0.717, 1.165) is 12.5 Å². The van der Waals surface area contributed by atoms with Gasteiger partial charge in [0.2, 0.25) is 0 Å². The van der Waals surface area contributed by atoms with E-state index < -0.39 is 16.7 Å². The van der Waals surface area contributed by atoms with Crippen LogP contribution in [0.3, 0.4) is 0 Å². The molecule has 0 aliphatic heterocycles. The van der Waals surface area contributed by atoms with Crippen molar-refractivity contribution >= 4 is 30.3 Å². The molecule has 1 aromatic carbocycles. The van der Waals surface area contributed by atoms with Crippen LogP contribution < -0.4 is 0 Å². The van der Waals surface area contributed by atoms with Crippen molar-refractivity contribution in [3.63, 3.8) is 0 Å². The van der Waals surface area contributed by atoms with Crippen molar-refractivity contribution in [2.75, 3.05) is 5.75 Å². The van der Waals surface area contributed by atoms with Crippen LogP contribution in [-0.2, 0) is 0 Å². The van der Waals surface area contributed by atoms with Crippen LogP contribution in [-0.4, -0.2) is 5.75 Å². The standard InChI is InChI=1S/C10H9ClF2S/c11-9-8(12)5-4-7(10(9)13)3-1-2-6-14/h1,3-5,14H,2,6H2. The number of benzene rings is 1. The fourth-order valence-corrected chi connectivity index (χ4v) is 1.28. The molecule has 0 radical (unpaired) electrons. The highest BCUT2D eigenvalue weighted by molar-refractivity contribution is 7.80. The highest BCUT2D eigenvalue weighted by Crippen LogP contribution is 2.22. The average molecular weight is 235 g/mol. The van der Waals surface area contributed by atoms with Crippen LogP contribution in [0.15, 0.2) is 18.2 Å². The topological polar surface area (TPSA) is 0 Å². The van der Waals surface area contributed by atoms with Gasteiger partial charge in [0.05, 0.1) is 0 Å². The molecule has 0 bridgehead atoms. The first-order valence-electron chi connectivity index (χ1n) is 4.07. The molecule has 4 heteroatoms. The zero-order chi connectivity index (χ0) is 10.6. The molecule has 0 nitrogen and oxygen atoms in total. The number of rotatable bonds is 3. The predicted octanol–water partition coefficient (Wildman–Crippen LogP) is 3.95. The molecule has 1 rings (SSSR count). The number of thiol groups is 1. The van der Waals surface area contributed by atoms with Gasteiger partial charge < -0.3 is 0 Å². The minimum absolute atomic E-state index is 0.290. The van der Waals surface area contributed by atoms with Crippen LogP contribution in [0.1, 0.15) is 12.0 Å². The Balaban J connectivity index is 2.94. The summed E-state index contributed by atoms with van der Waals surface area (Å²) in [5, 5.41) is -0.460. The Bertz CT molecular complexity index is 350. The van der Waals surface area contributed by atoms with E-state index >= 15 is 0 Å². The van der Waals surface area contributed by atoms with Gasteiger partial charge in [-0.1, -0.05) is 23.8 Å². The van der Waals surface area contributed by atoms with Crippen LogP contribution >= 0.6 is 24.2 Å². The molecular formula is C10H9ClF2S. The molecule has 0 heterocycles. The van der Waals surface area contributed by atoms with E-state index in [1.54, 1.807) is 12.2 Å². The molecule has 0 saturated heterocycles. The molecule has 0 aliphatic carbocycles. The molecule has 76 valence electrons. The van der Waals surface area contributed by atoms with Gasteiger partial charge in [0.1, 0.15) is 10.8 Å². The van der Waals surface area contributed by atoms with Crippen molar-refractivity contribution in [1.29, 1.82) is 0 Å². The summed E-state index contributed by atoms with van der Waals surface area (Å²) < 4.78 is 26.0. The van der Waals surface area contributed by atoms with E-state index in [2.05, 4.69) is 12.6 Å². The summed E-state index contributed by atoms with van der Waals surface area (Å²) in [6, 6.07) is 2.50. The highest BCUT2D eigenvalue weighted by Gasteiger charge is 2.08. The summed E-state index contributed by atoms with van der Waals surface area (Å²) in [5.74, 6) is -0.773. The second-order valence-electron chi connectivity index (χ2n) is 2.68. The average Bonchev–Trinajstić information content (AvgIpc) is 2.18. The second-order valence-corrected chi connectivity index (χ2v) is 3.50. The normalized spacial score (nSPS) is 11.1. The van der Waals surface area contributed by atoms with Gasteiger partial charge in [-0.15, -0.1) is 0 Å². The highest BCUT2D eigenvalue weighted by atomic mass is 35.5. The van der Waals surface area contributed by atoms with Gasteiger partial charge in [0.25, 0.3) is 0 Å². The first-order valence-corrected chi connectivity index (χ1v) is 5.08. The smallest absolute Gasteiger partial charge is 0.151 e. The van der Waals surface area contributed by atoms with Crippen LogP contribution in [0.25, 0.3) is 6.08 Å². The van der Waals surface area contributed by atoms with Gasteiger partial charge in [-0.3, -0.25) is 0 Å². The second kappa shape index (κ2) is 5.37. The van der Waals surface area contributed by atoms with E-state index in [1.807, 2.05) is 0 Å². The fourth-order valence-electron chi connectivity index (χ4n) is 0.954. The number of halogens is 3. The first-order chi connectivity index (χ1) is 6.66. The maximum Gasteiger partial charge on any atom is 0.151 e. The van der Waals surface area contributed by atoms with E-state index in [4.69, 9.17) is 11.6 Å². The Kier molecular flexibility index (Phi) is 4.42. The monoisotopic (exact) mass is 234 g/mol. The minimum Gasteiger partial charge on any atom is -0.205 e. The lowest BCUT2D eigenvalue weighted by molar-refractivity contribution is 0.582. The third-order valence-corrected chi connectivity index (χ3v) is 2.26. The Labute approximate surface area is 92.0 Å². The van der Waals surface area contributed by atoms with E-state index in [0.29, 0.717) is 5.75 Å². The fraction of sp³-hybridized carbons (Fsp3) is 0.200. The van der Waals surface area contributed by atoms with Crippen LogP contribution in [0.2, 0.25) is 5.02 Å². The van der Waals surface area contributed by atoms with Crippen LogP contribution in [0.4, 0.5) is 8.78 Å². The predicted molar refractivity (Wildman–Crippen MR) is 58.9 cm³/mol. The summed E-state index contributed by atoms with van der Waals surface area (Å²) in [6.45, 7) is 0. The zero-order valence-corrected chi connectivity index (χ0v) is 8.96. The Morgan fingerprint density at radius 3 is 2.71 bits per heavy atom. The maximum atomic E-state index is 13.2. The largest absolute Gasteiger partial charge is 0.205 e. The number of hydrogen-bond donors (Lipinski definition) is 1. The maximum absolute atomic E-state index is 13.2. The van der Waals surface area contributed by atoms with E-state index in [-0.39, 0.29) is 5.56 Å².